The van der Waals surface area contributed by atoms with Crippen molar-refractivity contribution >= 4 is 50.1 Å². The van der Waals surface area contributed by atoms with Gasteiger partial charge in [-0.1, -0.05) is 23.7 Å². The minimum atomic E-state index is -3.51. The van der Waals surface area contributed by atoms with E-state index in [1.54, 1.807) is 24.3 Å². The summed E-state index contributed by atoms with van der Waals surface area (Å²) in [5.74, 6) is 0.231. The predicted molar refractivity (Wildman–Crippen MR) is 77.3 cm³/mol. The van der Waals surface area contributed by atoms with Crippen LogP contribution >= 0.6 is 23.2 Å². The number of para-hydroxylation sites is 2. The molecule has 0 fully saturated rings. The lowest BCUT2D eigenvalue weighted by Crippen LogP contribution is -2.18. The Hall–Kier alpha value is -1.11. The van der Waals surface area contributed by atoms with Gasteiger partial charge in [0.05, 0.1) is 16.8 Å². The average Bonchev–Trinajstić information content (AvgIpc) is 2.37. The van der Waals surface area contributed by atoms with Gasteiger partial charge in [0.15, 0.2) is 11.0 Å². The normalized spacial score (nSPS) is 11.7. The number of nitrogens with zero attached hydrogens (tertiary/aromatic N) is 2. The van der Waals surface area contributed by atoms with Crippen LogP contribution in [0.15, 0.2) is 24.3 Å². The molecule has 0 aliphatic rings. The van der Waals surface area contributed by atoms with Crippen molar-refractivity contribution in [3.8, 4) is 0 Å². The van der Waals surface area contributed by atoms with E-state index in [0.29, 0.717) is 17.5 Å². The maximum atomic E-state index is 11.8. The molecule has 0 spiro atoms. The number of alkyl halides is 1. The summed E-state index contributed by atoms with van der Waals surface area (Å²) in [6.45, 7) is 0. The van der Waals surface area contributed by atoms with Crippen LogP contribution in [0, 0.1) is 0 Å². The smallest absolute Gasteiger partial charge is 0.233 e. The van der Waals surface area contributed by atoms with Crippen LogP contribution in [-0.2, 0) is 10.0 Å². The Bertz CT molecular complexity index is 691. The Morgan fingerprint density at radius 3 is 2.42 bits per heavy atom. The molecule has 0 aliphatic heterocycles. The fourth-order valence-electron chi connectivity index (χ4n) is 1.49. The first-order valence-corrected chi connectivity index (χ1v) is 8.07. The van der Waals surface area contributed by atoms with Gasteiger partial charge in [0.1, 0.15) is 0 Å². The molecule has 0 saturated carbocycles. The van der Waals surface area contributed by atoms with Crippen molar-refractivity contribution in [1.29, 1.82) is 0 Å². The van der Waals surface area contributed by atoms with Crippen LogP contribution in [-0.4, -0.2) is 30.0 Å². The van der Waals surface area contributed by atoms with E-state index >= 15 is 0 Å². The van der Waals surface area contributed by atoms with E-state index in [2.05, 4.69) is 14.7 Å². The average molecular weight is 320 g/mol. The zero-order valence-electron chi connectivity index (χ0n) is 9.81. The Labute approximate surface area is 121 Å². The molecule has 1 aromatic carbocycles. The SMILES string of the molecule is O=S(=O)(CCCCl)Nc1nc2ccccc2nc1Cl. The van der Waals surface area contributed by atoms with Crippen molar-refractivity contribution in [2.24, 2.45) is 0 Å². The van der Waals surface area contributed by atoms with E-state index in [9.17, 15) is 8.42 Å². The minimum Gasteiger partial charge on any atom is -0.265 e. The van der Waals surface area contributed by atoms with E-state index in [1.807, 2.05) is 0 Å². The van der Waals surface area contributed by atoms with Crippen LogP contribution in [0.25, 0.3) is 11.0 Å². The molecule has 0 amide bonds. The molecule has 8 heteroatoms. The molecule has 5 nitrogen and oxygen atoms in total. The third kappa shape index (κ3) is 3.68. The van der Waals surface area contributed by atoms with E-state index in [1.165, 1.54) is 0 Å². The maximum Gasteiger partial charge on any atom is 0.233 e. The van der Waals surface area contributed by atoms with E-state index in [0.717, 1.165) is 0 Å². The van der Waals surface area contributed by atoms with E-state index in [4.69, 9.17) is 23.2 Å². The highest BCUT2D eigenvalue weighted by Crippen LogP contribution is 2.22. The quantitative estimate of drug-likeness (QED) is 0.860. The Balaban J connectivity index is 2.32. The van der Waals surface area contributed by atoms with E-state index < -0.39 is 10.0 Å². The zero-order chi connectivity index (χ0) is 13.9. The second kappa shape index (κ2) is 5.90. The van der Waals surface area contributed by atoms with Crippen LogP contribution in [0.2, 0.25) is 5.15 Å². The Kier molecular flexibility index (Phi) is 4.44. The molecule has 2 rings (SSSR count). The van der Waals surface area contributed by atoms with Crippen LogP contribution < -0.4 is 4.72 Å². The van der Waals surface area contributed by atoms with Crippen LogP contribution in [0.5, 0.6) is 0 Å². The molecular weight excluding hydrogens is 309 g/mol. The van der Waals surface area contributed by atoms with Crippen molar-refractivity contribution in [3.63, 3.8) is 0 Å². The third-order valence-corrected chi connectivity index (χ3v) is 4.19. The maximum absolute atomic E-state index is 11.8. The summed E-state index contributed by atoms with van der Waals surface area (Å²) in [6, 6.07) is 7.07. The topological polar surface area (TPSA) is 72.0 Å². The van der Waals surface area contributed by atoms with Crippen LogP contribution in [0.3, 0.4) is 0 Å². The molecular formula is C11H11Cl2N3O2S. The van der Waals surface area contributed by atoms with Gasteiger partial charge in [0, 0.05) is 5.88 Å². The number of nitrogens with one attached hydrogen (secondary N) is 1. The van der Waals surface area contributed by atoms with Gasteiger partial charge in [-0.25, -0.2) is 18.4 Å². The number of halogens is 2. The first-order valence-electron chi connectivity index (χ1n) is 5.50. The first kappa shape index (κ1) is 14.3. The van der Waals surface area contributed by atoms with Crippen molar-refractivity contribution < 1.29 is 8.42 Å². The second-order valence-corrected chi connectivity index (χ2v) is 6.39. The predicted octanol–water partition coefficient (Wildman–Crippen LogP) is 2.65. The third-order valence-electron chi connectivity index (χ3n) is 2.33. The van der Waals surface area contributed by atoms with Gasteiger partial charge in [-0.15, -0.1) is 11.6 Å². The molecule has 0 saturated heterocycles. The fraction of sp³-hybridized carbons (Fsp3) is 0.273. The van der Waals surface area contributed by atoms with Crippen LogP contribution in [0.1, 0.15) is 6.42 Å². The van der Waals surface area contributed by atoms with E-state index in [-0.39, 0.29) is 22.6 Å². The molecule has 1 aromatic heterocycles. The van der Waals surface area contributed by atoms with Gasteiger partial charge in [0.25, 0.3) is 0 Å². The highest BCUT2D eigenvalue weighted by Gasteiger charge is 2.14. The number of aromatic nitrogens is 2. The molecule has 0 radical (unpaired) electrons. The van der Waals surface area contributed by atoms with Crippen LogP contribution in [0.4, 0.5) is 5.82 Å². The molecule has 0 bridgehead atoms. The number of hydrogen-bond donors (Lipinski definition) is 1. The fourth-order valence-corrected chi connectivity index (χ4v) is 3.08. The van der Waals surface area contributed by atoms with Gasteiger partial charge < -0.3 is 0 Å². The zero-order valence-corrected chi connectivity index (χ0v) is 12.1. The van der Waals surface area contributed by atoms with Crippen molar-refractivity contribution in [3.05, 3.63) is 29.4 Å². The van der Waals surface area contributed by atoms with Gasteiger partial charge in [-0.2, -0.15) is 0 Å². The van der Waals surface area contributed by atoms with Gasteiger partial charge >= 0.3 is 0 Å². The molecule has 1 N–H and O–H groups in total. The minimum absolute atomic E-state index is 0.0214. The van der Waals surface area contributed by atoms with Crippen molar-refractivity contribution in [2.45, 2.75) is 6.42 Å². The number of fused-ring (bicyclic) bond motifs is 1. The van der Waals surface area contributed by atoms with Gasteiger partial charge in [-0.05, 0) is 18.6 Å². The summed E-state index contributed by atoms with van der Waals surface area (Å²) < 4.78 is 25.8. The Morgan fingerprint density at radius 1 is 1.16 bits per heavy atom. The molecule has 1 heterocycles. The summed E-state index contributed by atoms with van der Waals surface area (Å²) in [5, 5.41) is 0.0214. The number of sulfonamides is 1. The number of hydrogen-bond acceptors (Lipinski definition) is 4. The van der Waals surface area contributed by atoms with Gasteiger partial charge in [-0.3, -0.25) is 4.72 Å². The summed E-state index contributed by atoms with van der Waals surface area (Å²) in [5.41, 5.74) is 1.18. The summed E-state index contributed by atoms with van der Waals surface area (Å²) in [4.78, 5) is 8.24. The largest absolute Gasteiger partial charge is 0.265 e. The lowest BCUT2D eigenvalue weighted by atomic mass is 10.3. The lowest BCUT2D eigenvalue weighted by Gasteiger charge is -2.08. The van der Waals surface area contributed by atoms with Gasteiger partial charge in [0.2, 0.25) is 10.0 Å². The number of anilines is 1. The molecule has 0 atom stereocenters. The highest BCUT2D eigenvalue weighted by atomic mass is 35.5. The lowest BCUT2D eigenvalue weighted by molar-refractivity contribution is 0.600. The summed E-state index contributed by atoms with van der Waals surface area (Å²) >= 11 is 11.4. The molecule has 19 heavy (non-hydrogen) atoms. The second-order valence-electron chi connectivity index (χ2n) is 3.82. The molecule has 2 aromatic rings. The molecule has 0 aliphatic carbocycles. The summed E-state index contributed by atoms with van der Waals surface area (Å²) in [6.07, 6.45) is 0.357. The standard InChI is InChI=1S/C11H11Cl2N3O2S/c12-6-3-7-19(17,18)16-11-10(13)14-8-4-1-2-5-9(8)15-11/h1-2,4-5H,3,6-7H2,(H,15,16). The first-order chi connectivity index (χ1) is 9.02. The molecule has 0 unspecified atom stereocenters. The summed E-state index contributed by atoms with van der Waals surface area (Å²) in [7, 11) is -3.51. The highest BCUT2D eigenvalue weighted by molar-refractivity contribution is 7.92. The van der Waals surface area contributed by atoms with Crippen molar-refractivity contribution in [2.75, 3.05) is 16.4 Å². The van der Waals surface area contributed by atoms with Crippen molar-refractivity contribution in [1.82, 2.24) is 9.97 Å². The monoisotopic (exact) mass is 319 g/mol. The Morgan fingerprint density at radius 2 is 1.79 bits per heavy atom. The number of benzene rings is 1. The number of rotatable bonds is 5. The molecule has 102 valence electrons.